The Morgan fingerprint density at radius 2 is 1.90 bits per heavy atom. The van der Waals surface area contributed by atoms with Crippen LogP contribution in [0.15, 0.2) is 41.4 Å². The van der Waals surface area contributed by atoms with Gasteiger partial charge >= 0.3 is 0 Å². The van der Waals surface area contributed by atoms with E-state index in [0.29, 0.717) is 6.54 Å². The molecule has 0 radical (unpaired) electrons. The number of sulfonamides is 1. The number of anilines is 1. The van der Waals surface area contributed by atoms with Crippen molar-refractivity contribution in [1.29, 1.82) is 0 Å². The van der Waals surface area contributed by atoms with Gasteiger partial charge in [0.1, 0.15) is 0 Å². The van der Waals surface area contributed by atoms with Crippen LogP contribution in [0.1, 0.15) is 12.6 Å². The van der Waals surface area contributed by atoms with Gasteiger partial charge in [-0.05, 0) is 30.3 Å². The Morgan fingerprint density at radius 3 is 2.48 bits per heavy atom. The third-order valence-corrected chi connectivity index (χ3v) is 4.69. The zero-order valence-corrected chi connectivity index (χ0v) is 13.0. The number of nitrogens with zero attached hydrogens (tertiary/aromatic N) is 2. The number of rotatable bonds is 7. The molecule has 0 unspecified atom stereocenters. The molecule has 2 rings (SSSR count). The van der Waals surface area contributed by atoms with E-state index in [1.165, 1.54) is 0 Å². The maximum atomic E-state index is 11.8. The topological polar surface area (TPSA) is 76.0 Å². The van der Waals surface area contributed by atoms with Gasteiger partial charge in [-0.15, -0.1) is 0 Å². The molecule has 6 nitrogen and oxygen atoms in total. The van der Waals surface area contributed by atoms with Crippen molar-refractivity contribution in [3.05, 3.63) is 42.2 Å². The third-order valence-electron chi connectivity index (χ3n) is 3.13. The summed E-state index contributed by atoms with van der Waals surface area (Å²) in [6.45, 7) is 2.90. The van der Waals surface area contributed by atoms with Gasteiger partial charge in [-0.1, -0.05) is 6.92 Å². The van der Waals surface area contributed by atoms with Gasteiger partial charge in [0.25, 0.3) is 0 Å². The van der Waals surface area contributed by atoms with E-state index in [-0.39, 0.29) is 4.90 Å². The lowest BCUT2D eigenvalue weighted by molar-refractivity contribution is 0.584. The first kappa shape index (κ1) is 15.5. The maximum absolute atomic E-state index is 11.8. The fraction of sp³-hybridized carbons (Fsp3) is 0.357. The van der Waals surface area contributed by atoms with E-state index in [4.69, 9.17) is 0 Å². The summed E-state index contributed by atoms with van der Waals surface area (Å²) in [6, 6.07) is 8.73. The standard InChI is InChI=1S/C14H20N4O2S/c1-3-17-21(19,20)14-6-4-12(5-7-14)15-10-8-13-9-11-16-18(13)2/h4-7,9,11,15,17H,3,8,10H2,1-2H3. The summed E-state index contributed by atoms with van der Waals surface area (Å²) in [7, 11) is -1.47. The molecule has 1 heterocycles. The first-order valence-electron chi connectivity index (χ1n) is 6.83. The van der Waals surface area contributed by atoms with Gasteiger partial charge in [0.05, 0.1) is 4.90 Å². The Morgan fingerprint density at radius 1 is 1.19 bits per heavy atom. The van der Waals surface area contributed by atoms with Crippen molar-refractivity contribution in [2.24, 2.45) is 7.05 Å². The van der Waals surface area contributed by atoms with Crippen LogP contribution >= 0.6 is 0 Å². The number of hydrogen-bond acceptors (Lipinski definition) is 4. The summed E-state index contributed by atoms with van der Waals surface area (Å²) in [5.74, 6) is 0. The third kappa shape index (κ3) is 4.05. The molecule has 2 N–H and O–H groups in total. The van der Waals surface area contributed by atoms with Crippen molar-refractivity contribution in [2.75, 3.05) is 18.4 Å². The highest BCUT2D eigenvalue weighted by Crippen LogP contribution is 2.14. The summed E-state index contributed by atoms with van der Waals surface area (Å²) in [6.07, 6.45) is 2.63. The average molecular weight is 308 g/mol. The second kappa shape index (κ2) is 6.73. The number of aryl methyl sites for hydroxylation is 1. The van der Waals surface area contributed by atoms with Crippen molar-refractivity contribution in [3.63, 3.8) is 0 Å². The van der Waals surface area contributed by atoms with E-state index < -0.39 is 10.0 Å². The zero-order chi connectivity index (χ0) is 15.3. The molecule has 0 aliphatic carbocycles. The van der Waals surface area contributed by atoms with Gasteiger partial charge in [-0.3, -0.25) is 4.68 Å². The number of hydrogen-bond donors (Lipinski definition) is 2. The molecule has 7 heteroatoms. The lowest BCUT2D eigenvalue weighted by Crippen LogP contribution is -2.23. The van der Waals surface area contributed by atoms with Gasteiger partial charge < -0.3 is 5.32 Å². The quantitative estimate of drug-likeness (QED) is 0.810. The summed E-state index contributed by atoms with van der Waals surface area (Å²) in [4.78, 5) is 0.279. The molecule has 0 spiro atoms. The SMILES string of the molecule is CCNS(=O)(=O)c1ccc(NCCc2ccnn2C)cc1. The smallest absolute Gasteiger partial charge is 0.240 e. The predicted octanol–water partition coefficient (Wildman–Crippen LogP) is 1.37. The predicted molar refractivity (Wildman–Crippen MR) is 82.7 cm³/mol. The Bertz CT molecular complexity index is 677. The van der Waals surface area contributed by atoms with Gasteiger partial charge in [0.15, 0.2) is 0 Å². The number of benzene rings is 1. The van der Waals surface area contributed by atoms with Crippen LogP contribution < -0.4 is 10.0 Å². The number of aromatic nitrogens is 2. The molecule has 21 heavy (non-hydrogen) atoms. The minimum atomic E-state index is -3.38. The molecular formula is C14H20N4O2S. The van der Waals surface area contributed by atoms with Crippen LogP contribution in [0.5, 0.6) is 0 Å². The Labute approximate surface area is 125 Å². The lowest BCUT2D eigenvalue weighted by Gasteiger charge is -2.08. The van der Waals surface area contributed by atoms with Gasteiger partial charge in [-0.25, -0.2) is 13.1 Å². The van der Waals surface area contributed by atoms with Crippen molar-refractivity contribution < 1.29 is 8.42 Å². The summed E-state index contributed by atoms with van der Waals surface area (Å²) in [5, 5.41) is 7.38. The van der Waals surface area contributed by atoms with Gasteiger partial charge in [-0.2, -0.15) is 5.10 Å². The van der Waals surface area contributed by atoms with Crippen LogP contribution in [0, 0.1) is 0 Å². The fourth-order valence-electron chi connectivity index (χ4n) is 2.01. The van der Waals surface area contributed by atoms with E-state index in [0.717, 1.165) is 24.3 Å². The molecule has 0 amide bonds. The first-order chi connectivity index (χ1) is 10.0. The monoisotopic (exact) mass is 308 g/mol. The Kier molecular flexibility index (Phi) is 4.98. The maximum Gasteiger partial charge on any atom is 0.240 e. The molecule has 0 saturated heterocycles. The molecule has 0 atom stereocenters. The molecule has 0 saturated carbocycles. The molecule has 114 valence electrons. The average Bonchev–Trinajstić information content (AvgIpc) is 2.85. The lowest BCUT2D eigenvalue weighted by atomic mass is 10.3. The van der Waals surface area contributed by atoms with E-state index in [2.05, 4.69) is 15.1 Å². The highest BCUT2D eigenvalue weighted by atomic mass is 32.2. The second-order valence-corrected chi connectivity index (χ2v) is 6.42. The highest BCUT2D eigenvalue weighted by molar-refractivity contribution is 7.89. The minimum absolute atomic E-state index is 0.279. The normalized spacial score (nSPS) is 11.5. The van der Waals surface area contributed by atoms with E-state index >= 15 is 0 Å². The second-order valence-electron chi connectivity index (χ2n) is 4.65. The van der Waals surface area contributed by atoms with Crippen LogP contribution in [-0.2, 0) is 23.5 Å². The van der Waals surface area contributed by atoms with Crippen molar-refractivity contribution in [1.82, 2.24) is 14.5 Å². The molecule has 0 aliphatic rings. The Balaban J connectivity index is 1.92. The van der Waals surface area contributed by atoms with Crippen molar-refractivity contribution in [2.45, 2.75) is 18.2 Å². The molecule has 1 aromatic heterocycles. The molecule has 0 aliphatic heterocycles. The summed E-state index contributed by atoms with van der Waals surface area (Å²) < 4.78 is 27.9. The molecule has 1 aromatic carbocycles. The zero-order valence-electron chi connectivity index (χ0n) is 12.2. The van der Waals surface area contributed by atoms with Crippen LogP contribution in [0.2, 0.25) is 0 Å². The van der Waals surface area contributed by atoms with Crippen LogP contribution in [0.4, 0.5) is 5.69 Å². The van der Waals surface area contributed by atoms with Crippen LogP contribution in [0.3, 0.4) is 0 Å². The van der Waals surface area contributed by atoms with E-state index in [9.17, 15) is 8.42 Å². The Hall–Kier alpha value is -1.86. The first-order valence-corrected chi connectivity index (χ1v) is 8.31. The number of nitrogens with one attached hydrogen (secondary N) is 2. The minimum Gasteiger partial charge on any atom is -0.385 e. The fourth-order valence-corrected chi connectivity index (χ4v) is 3.05. The molecular weight excluding hydrogens is 288 g/mol. The van der Waals surface area contributed by atoms with Crippen LogP contribution in [-0.4, -0.2) is 31.3 Å². The van der Waals surface area contributed by atoms with E-state index in [1.807, 2.05) is 17.8 Å². The van der Waals surface area contributed by atoms with Crippen molar-refractivity contribution >= 4 is 15.7 Å². The van der Waals surface area contributed by atoms with E-state index in [1.54, 1.807) is 37.4 Å². The van der Waals surface area contributed by atoms with Gasteiger partial charge in [0, 0.05) is 44.1 Å². The van der Waals surface area contributed by atoms with Gasteiger partial charge in [0.2, 0.25) is 10.0 Å². The molecule has 0 bridgehead atoms. The van der Waals surface area contributed by atoms with Crippen LogP contribution in [0.25, 0.3) is 0 Å². The summed E-state index contributed by atoms with van der Waals surface area (Å²) >= 11 is 0. The van der Waals surface area contributed by atoms with Crippen molar-refractivity contribution in [3.8, 4) is 0 Å². The largest absolute Gasteiger partial charge is 0.385 e. The molecule has 2 aromatic rings. The molecule has 0 fully saturated rings. The highest BCUT2D eigenvalue weighted by Gasteiger charge is 2.11. The summed E-state index contributed by atoms with van der Waals surface area (Å²) in [5.41, 5.74) is 2.04.